The lowest BCUT2D eigenvalue weighted by Gasteiger charge is -2.16. The van der Waals surface area contributed by atoms with Gasteiger partial charge in [0, 0.05) is 17.5 Å². The van der Waals surface area contributed by atoms with Crippen LogP contribution in [0.4, 0.5) is 5.69 Å². The molecule has 0 spiro atoms. The molecule has 0 saturated heterocycles. The molecule has 1 aromatic rings. The molecule has 0 aliphatic heterocycles. The van der Waals surface area contributed by atoms with Gasteiger partial charge < -0.3 is 14.9 Å². The summed E-state index contributed by atoms with van der Waals surface area (Å²) in [5, 5.41) is 30.8. The Balaban J connectivity index is 3.14. The van der Waals surface area contributed by atoms with Crippen LogP contribution in [0.1, 0.15) is 18.2 Å². The number of methoxy groups -OCH3 is 1. The summed E-state index contributed by atoms with van der Waals surface area (Å²) in [5.41, 5.74) is -0.551. The van der Waals surface area contributed by atoms with Crippen LogP contribution in [0, 0.1) is 10.1 Å². The van der Waals surface area contributed by atoms with Gasteiger partial charge in [0.15, 0.2) is 5.69 Å². The van der Waals surface area contributed by atoms with E-state index in [1.54, 1.807) is 0 Å². The largest absolute Gasteiger partial charge is 0.481 e. The molecule has 2 N–H and O–H groups in total. The molecule has 8 heteroatoms. The zero-order valence-corrected chi connectivity index (χ0v) is 11.2. The van der Waals surface area contributed by atoms with E-state index in [1.165, 1.54) is 19.2 Å². The van der Waals surface area contributed by atoms with Crippen LogP contribution >= 0.6 is 15.9 Å². The summed E-state index contributed by atoms with van der Waals surface area (Å²) in [4.78, 5) is 14.0. The fourth-order valence-corrected chi connectivity index (χ4v) is 1.86. The molecule has 1 aromatic heterocycles. The van der Waals surface area contributed by atoms with E-state index in [1.807, 2.05) is 0 Å². The molecule has 0 aliphatic carbocycles. The molecular formula is C10H13BrN2O5. The van der Waals surface area contributed by atoms with Gasteiger partial charge >= 0.3 is 0 Å². The Morgan fingerprint density at radius 1 is 1.56 bits per heavy atom. The second kappa shape index (κ2) is 6.62. The molecule has 0 bridgehead atoms. The minimum Gasteiger partial charge on any atom is -0.481 e. The van der Waals surface area contributed by atoms with Crippen LogP contribution < -0.4 is 4.74 Å². The van der Waals surface area contributed by atoms with Gasteiger partial charge in [-0.2, -0.15) is 0 Å². The summed E-state index contributed by atoms with van der Waals surface area (Å²) in [6.07, 6.45) is -2.32. The molecule has 18 heavy (non-hydrogen) atoms. The van der Waals surface area contributed by atoms with Crippen molar-refractivity contribution in [3.63, 3.8) is 0 Å². The lowest BCUT2D eigenvalue weighted by molar-refractivity contribution is -0.386. The average molecular weight is 321 g/mol. The predicted octanol–water partition coefficient (Wildman–Crippen LogP) is 1.18. The first kappa shape index (κ1) is 14.8. The standard InChI is InChI=1S/C10H13BrN2O5/c1-18-8-3-2-6(13(16)17)9(12-8)10(15)7(14)4-5-11/h2-3,7,10,14-15H,4-5H2,1H3. The minimum absolute atomic E-state index is 0.140. The highest BCUT2D eigenvalue weighted by atomic mass is 79.9. The Kier molecular flexibility index (Phi) is 5.45. The van der Waals surface area contributed by atoms with E-state index < -0.39 is 17.1 Å². The molecule has 2 atom stereocenters. The van der Waals surface area contributed by atoms with E-state index in [2.05, 4.69) is 20.9 Å². The van der Waals surface area contributed by atoms with Crippen molar-refractivity contribution in [3.05, 3.63) is 27.9 Å². The molecule has 1 heterocycles. The van der Waals surface area contributed by atoms with Crippen molar-refractivity contribution in [3.8, 4) is 5.88 Å². The Bertz CT molecular complexity index is 429. The van der Waals surface area contributed by atoms with Crippen LogP contribution in [0.25, 0.3) is 0 Å². The summed E-state index contributed by atoms with van der Waals surface area (Å²) < 4.78 is 4.84. The third kappa shape index (κ3) is 3.37. The van der Waals surface area contributed by atoms with E-state index in [0.717, 1.165) is 0 Å². The molecule has 0 amide bonds. The second-order valence-corrected chi connectivity index (χ2v) is 4.30. The fourth-order valence-electron chi connectivity index (χ4n) is 1.39. The number of hydrogen-bond donors (Lipinski definition) is 2. The Morgan fingerprint density at radius 3 is 2.72 bits per heavy atom. The van der Waals surface area contributed by atoms with Gasteiger partial charge in [-0.25, -0.2) is 4.98 Å². The van der Waals surface area contributed by atoms with E-state index in [0.29, 0.717) is 5.33 Å². The van der Waals surface area contributed by atoms with Crippen molar-refractivity contribution in [2.24, 2.45) is 0 Å². The molecule has 0 aliphatic rings. The zero-order valence-electron chi connectivity index (χ0n) is 9.62. The fraction of sp³-hybridized carbons (Fsp3) is 0.500. The van der Waals surface area contributed by atoms with E-state index >= 15 is 0 Å². The van der Waals surface area contributed by atoms with Crippen molar-refractivity contribution >= 4 is 21.6 Å². The molecular weight excluding hydrogens is 308 g/mol. The topological polar surface area (TPSA) is 106 Å². The zero-order chi connectivity index (χ0) is 13.7. The Hall–Kier alpha value is -1.25. The van der Waals surface area contributed by atoms with Gasteiger partial charge in [-0.1, -0.05) is 15.9 Å². The quantitative estimate of drug-likeness (QED) is 0.463. The molecule has 2 unspecified atom stereocenters. The van der Waals surface area contributed by atoms with Gasteiger partial charge in [0.2, 0.25) is 5.88 Å². The highest BCUT2D eigenvalue weighted by Crippen LogP contribution is 2.28. The first-order valence-electron chi connectivity index (χ1n) is 5.12. The van der Waals surface area contributed by atoms with Gasteiger partial charge in [-0.3, -0.25) is 10.1 Å². The normalized spacial score (nSPS) is 14.0. The van der Waals surface area contributed by atoms with Crippen molar-refractivity contribution in [2.45, 2.75) is 18.6 Å². The summed E-state index contributed by atoms with van der Waals surface area (Å²) in [6.45, 7) is 0. The van der Waals surface area contributed by atoms with Gasteiger partial charge in [0.25, 0.3) is 5.69 Å². The van der Waals surface area contributed by atoms with Crippen LogP contribution in [0.3, 0.4) is 0 Å². The van der Waals surface area contributed by atoms with Gasteiger partial charge in [0.1, 0.15) is 6.10 Å². The Morgan fingerprint density at radius 2 is 2.22 bits per heavy atom. The van der Waals surface area contributed by atoms with Gasteiger partial charge in [0.05, 0.1) is 18.1 Å². The molecule has 0 aromatic carbocycles. The number of rotatable bonds is 6. The number of aliphatic hydroxyl groups excluding tert-OH is 2. The number of aromatic nitrogens is 1. The molecule has 100 valence electrons. The smallest absolute Gasteiger partial charge is 0.293 e. The highest BCUT2D eigenvalue weighted by molar-refractivity contribution is 9.09. The third-order valence-corrected chi connectivity index (χ3v) is 2.79. The lowest BCUT2D eigenvalue weighted by atomic mass is 10.1. The number of ether oxygens (including phenoxy) is 1. The van der Waals surface area contributed by atoms with Crippen LogP contribution in [-0.4, -0.2) is 38.7 Å². The molecule has 1 rings (SSSR count). The summed E-state index contributed by atoms with van der Waals surface area (Å²) in [6, 6.07) is 2.51. The highest BCUT2D eigenvalue weighted by Gasteiger charge is 2.28. The van der Waals surface area contributed by atoms with Crippen LogP contribution in [-0.2, 0) is 0 Å². The minimum atomic E-state index is -1.43. The van der Waals surface area contributed by atoms with Crippen molar-refractivity contribution < 1.29 is 19.9 Å². The lowest BCUT2D eigenvalue weighted by Crippen LogP contribution is -2.21. The number of halogens is 1. The summed E-state index contributed by atoms with van der Waals surface area (Å²) in [7, 11) is 1.36. The van der Waals surface area contributed by atoms with Crippen molar-refractivity contribution in [1.29, 1.82) is 0 Å². The van der Waals surface area contributed by atoms with E-state index in [-0.39, 0.29) is 23.7 Å². The van der Waals surface area contributed by atoms with Gasteiger partial charge in [-0.15, -0.1) is 0 Å². The maximum absolute atomic E-state index is 10.8. The summed E-state index contributed by atoms with van der Waals surface area (Å²) in [5.74, 6) is 0.140. The van der Waals surface area contributed by atoms with Gasteiger partial charge in [-0.05, 0) is 6.42 Å². The van der Waals surface area contributed by atoms with Crippen molar-refractivity contribution in [2.75, 3.05) is 12.4 Å². The predicted molar refractivity (Wildman–Crippen MR) is 66.8 cm³/mol. The summed E-state index contributed by atoms with van der Waals surface area (Å²) >= 11 is 3.12. The first-order valence-corrected chi connectivity index (χ1v) is 6.24. The second-order valence-electron chi connectivity index (χ2n) is 3.50. The number of nitro groups is 1. The molecule has 7 nitrogen and oxygen atoms in total. The number of aliphatic hydroxyl groups is 2. The monoisotopic (exact) mass is 320 g/mol. The Labute approximate surface area is 112 Å². The number of nitrogens with zero attached hydrogens (tertiary/aromatic N) is 2. The number of pyridine rings is 1. The van der Waals surface area contributed by atoms with E-state index in [9.17, 15) is 20.3 Å². The van der Waals surface area contributed by atoms with Crippen LogP contribution in [0.2, 0.25) is 0 Å². The average Bonchev–Trinajstić information content (AvgIpc) is 2.37. The maximum atomic E-state index is 10.8. The molecule has 0 radical (unpaired) electrons. The first-order chi connectivity index (χ1) is 8.51. The van der Waals surface area contributed by atoms with Crippen LogP contribution in [0.5, 0.6) is 5.88 Å². The van der Waals surface area contributed by atoms with Crippen LogP contribution in [0.15, 0.2) is 12.1 Å². The molecule has 0 saturated carbocycles. The number of hydrogen-bond acceptors (Lipinski definition) is 6. The SMILES string of the molecule is COc1ccc([N+](=O)[O-])c(C(O)C(O)CCBr)n1. The third-order valence-electron chi connectivity index (χ3n) is 2.33. The van der Waals surface area contributed by atoms with E-state index in [4.69, 9.17) is 4.74 Å². The number of alkyl halides is 1. The molecule has 0 fully saturated rings. The maximum Gasteiger partial charge on any atom is 0.293 e. The van der Waals surface area contributed by atoms with Crippen molar-refractivity contribution in [1.82, 2.24) is 4.98 Å².